The molecule has 0 aliphatic heterocycles. The molecule has 11 heavy (non-hydrogen) atoms. The van der Waals surface area contributed by atoms with Crippen molar-refractivity contribution in [1.29, 1.82) is 5.41 Å². The van der Waals surface area contributed by atoms with Gasteiger partial charge in [-0.25, -0.2) is 4.99 Å². The zero-order chi connectivity index (χ0) is 8.69. The molecule has 0 fully saturated rings. The number of hydrogen-bond donors (Lipinski definition) is 1. The van der Waals surface area contributed by atoms with Crippen LogP contribution < -0.4 is 0 Å². The topological polar surface area (TPSA) is 60.9 Å². The summed E-state index contributed by atoms with van der Waals surface area (Å²) in [5, 5.41) is 6.70. The minimum atomic E-state index is 0.566. The molecule has 0 radical (unpaired) electrons. The normalized spacial score (nSPS) is 14.1. The Morgan fingerprint density at radius 2 is 1.91 bits per heavy atom. The van der Waals surface area contributed by atoms with Crippen LogP contribution in [0, 0.1) is 5.41 Å². The molecule has 0 saturated heterocycles. The molecule has 4 heteroatoms. The van der Waals surface area contributed by atoms with Gasteiger partial charge < -0.3 is 5.41 Å². The standard InChI is InChI=1S/C7H12N4/c1-6(9-2)7(10-3)11-5-4-8/h4-5,8H,1-3H3. The highest BCUT2D eigenvalue weighted by Crippen LogP contribution is 1.84. The van der Waals surface area contributed by atoms with E-state index in [1.807, 2.05) is 6.92 Å². The third-order valence-electron chi connectivity index (χ3n) is 1.14. The van der Waals surface area contributed by atoms with E-state index in [0.29, 0.717) is 5.84 Å². The van der Waals surface area contributed by atoms with Crippen LogP contribution in [0.3, 0.4) is 0 Å². The molecule has 0 unspecified atom stereocenters. The summed E-state index contributed by atoms with van der Waals surface area (Å²) in [7, 11) is 3.33. The highest BCUT2D eigenvalue weighted by Gasteiger charge is 1.95. The fourth-order valence-electron chi connectivity index (χ4n) is 0.521. The summed E-state index contributed by atoms with van der Waals surface area (Å²) in [6, 6.07) is 0. The van der Waals surface area contributed by atoms with E-state index in [4.69, 9.17) is 5.41 Å². The van der Waals surface area contributed by atoms with Crippen molar-refractivity contribution in [3.63, 3.8) is 0 Å². The molecule has 0 bridgehead atoms. The highest BCUT2D eigenvalue weighted by atomic mass is 14.9. The maximum absolute atomic E-state index is 6.70. The Bertz CT molecular complexity index is 212. The molecule has 1 N–H and O–H groups in total. The Hall–Kier alpha value is -1.32. The van der Waals surface area contributed by atoms with Crippen molar-refractivity contribution in [2.45, 2.75) is 6.92 Å². The van der Waals surface area contributed by atoms with E-state index in [0.717, 1.165) is 11.9 Å². The van der Waals surface area contributed by atoms with Gasteiger partial charge in [0.1, 0.15) is 0 Å². The number of hydrogen-bond acceptors (Lipinski definition) is 3. The molecule has 60 valence electrons. The predicted molar refractivity (Wildman–Crippen MR) is 49.7 cm³/mol. The van der Waals surface area contributed by atoms with Crippen LogP contribution in [0.1, 0.15) is 6.92 Å². The van der Waals surface area contributed by atoms with Crippen molar-refractivity contribution < 1.29 is 0 Å². The van der Waals surface area contributed by atoms with Gasteiger partial charge in [0.15, 0.2) is 5.84 Å². The van der Waals surface area contributed by atoms with Crippen molar-refractivity contribution in [2.24, 2.45) is 15.0 Å². The lowest BCUT2D eigenvalue weighted by atomic mass is 10.4. The van der Waals surface area contributed by atoms with E-state index in [2.05, 4.69) is 15.0 Å². The number of aliphatic imine (C=N–C) groups is 3. The lowest BCUT2D eigenvalue weighted by Crippen LogP contribution is -2.07. The molecule has 0 aromatic heterocycles. The zero-order valence-electron chi connectivity index (χ0n) is 7.00. The minimum absolute atomic E-state index is 0.566. The Morgan fingerprint density at radius 3 is 2.27 bits per heavy atom. The fourth-order valence-corrected chi connectivity index (χ4v) is 0.521. The maximum Gasteiger partial charge on any atom is 0.168 e. The molecule has 0 aromatic rings. The Morgan fingerprint density at radius 1 is 1.27 bits per heavy atom. The van der Waals surface area contributed by atoms with E-state index in [9.17, 15) is 0 Å². The molecule has 0 rings (SSSR count). The number of rotatable bonds is 2. The van der Waals surface area contributed by atoms with Gasteiger partial charge in [0, 0.05) is 26.5 Å². The van der Waals surface area contributed by atoms with Crippen LogP contribution in [0.2, 0.25) is 0 Å². The van der Waals surface area contributed by atoms with Gasteiger partial charge >= 0.3 is 0 Å². The van der Waals surface area contributed by atoms with Crippen molar-refractivity contribution in [1.82, 2.24) is 0 Å². The zero-order valence-corrected chi connectivity index (χ0v) is 7.00. The van der Waals surface area contributed by atoms with E-state index in [1.165, 1.54) is 6.21 Å². The van der Waals surface area contributed by atoms with Crippen LogP contribution in [0.5, 0.6) is 0 Å². The molecule has 0 heterocycles. The lowest BCUT2D eigenvalue weighted by molar-refractivity contribution is 1.39. The van der Waals surface area contributed by atoms with Gasteiger partial charge in [-0.3, -0.25) is 9.98 Å². The van der Waals surface area contributed by atoms with Crippen LogP contribution in [-0.2, 0) is 0 Å². The van der Waals surface area contributed by atoms with E-state index < -0.39 is 0 Å². The van der Waals surface area contributed by atoms with Gasteiger partial charge in [-0.05, 0) is 6.92 Å². The third kappa shape index (κ3) is 3.40. The van der Waals surface area contributed by atoms with Gasteiger partial charge in [0.05, 0.1) is 5.71 Å². The summed E-state index contributed by atoms with van der Waals surface area (Å²) in [6.45, 7) is 1.82. The third-order valence-corrected chi connectivity index (χ3v) is 1.14. The first-order valence-electron chi connectivity index (χ1n) is 3.20. The predicted octanol–water partition coefficient (Wildman–Crippen LogP) is 0.826. The molecule has 0 aliphatic rings. The summed E-state index contributed by atoms with van der Waals surface area (Å²) in [5.74, 6) is 0.566. The van der Waals surface area contributed by atoms with Gasteiger partial charge in [-0.15, -0.1) is 0 Å². The van der Waals surface area contributed by atoms with Crippen molar-refractivity contribution in [3.05, 3.63) is 0 Å². The smallest absolute Gasteiger partial charge is 0.168 e. The summed E-state index contributed by atoms with van der Waals surface area (Å²) < 4.78 is 0. The number of nitrogens with one attached hydrogen (secondary N) is 1. The van der Waals surface area contributed by atoms with Gasteiger partial charge in [0.25, 0.3) is 0 Å². The quantitative estimate of drug-likeness (QED) is 0.450. The molecule has 4 nitrogen and oxygen atoms in total. The molecule has 0 aromatic carbocycles. The molecular weight excluding hydrogens is 140 g/mol. The average Bonchev–Trinajstić information content (AvgIpc) is 2.05. The number of nitrogens with zero attached hydrogens (tertiary/aromatic N) is 3. The minimum Gasteiger partial charge on any atom is -0.307 e. The first-order valence-corrected chi connectivity index (χ1v) is 3.20. The summed E-state index contributed by atoms with van der Waals surface area (Å²) in [6.07, 6.45) is 2.48. The Balaban J connectivity index is 4.44. The second-order valence-electron chi connectivity index (χ2n) is 1.80. The molecular formula is C7H12N4. The monoisotopic (exact) mass is 152 g/mol. The highest BCUT2D eigenvalue weighted by molar-refractivity contribution is 6.43. The summed E-state index contributed by atoms with van der Waals surface area (Å²) >= 11 is 0. The SMILES string of the molecule is CN=C(C)C(N=CC=N)=NC. The van der Waals surface area contributed by atoms with E-state index >= 15 is 0 Å². The van der Waals surface area contributed by atoms with Crippen LogP contribution in [0.15, 0.2) is 15.0 Å². The van der Waals surface area contributed by atoms with Crippen molar-refractivity contribution in [3.8, 4) is 0 Å². The van der Waals surface area contributed by atoms with Crippen LogP contribution in [-0.4, -0.2) is 38.1 Å². The second kappa shape index (κ2) is 5.46. The summed E-state index contributed by atoms with van der Waals surface area (Å²) in [5.41, 5.74) is 0.769. The van der Waals surface area contributed by atoms with Gasteiger partial charge in [-0.2, -0.15) is 0 Å². The molecule has 0 saturated carbocycles. The molecule has 0 aliphatic carbocycles. The van der Waals surface area contributed by atoms with E-state index in [1.54, 1.807) is 14.1 Å². The average molecular weight is 152 g/mol. The first-order chi connectivity index (χ1) is 5.26. The van der Waals surface area contributed by atoms with Crippen LogP contribution in [0.4, 0.5) is 0 Å². The second-order valence-corrected chi connectivity index (χ2v) is 1.80. The fraction of sp³-hybridized carbons (Fsp3) is 0.429. The largest absolute Gasteiger partial charge is 0.307 e. The van der Waals surface area contributed by atoms with Crippen LogP contribution in [0.25, 0.3) is 0 Å². The van der Waals surface area contributed by atoms with Crippen LogP contribution >= 0.6 is 0 Å². The Labute approximate surface area is 66.3 Å². The van der Waals surface area contributed by atoms with E-state index in [-0.39, 0.29) is 0 Å². The maximum atomic E-state index is 6.70. The lowest BCUT2D eigenvalue weighted by Gasteiger charge is -1.94. The van der Waals surface area contributed by atoms with Gasteiger partial charge in [-0.1, -0.05) is 0 Å². The molecule has 0 amide bonds. The summed E-state index contributed by atoms with van der Waals surface area (Å²) in [4.78, 5) is 11.7. The number of amidine groups is 1. The Kier molecular flexibility index (Phi) is 4.81. The van der Waals surface area contributed by atoms with Crippen molar-refractivity contribution in [2.75, 3.05) is 14.1 Å². The van der Waals surface area contributed by atoms with Gasteiger partial charge in [0.2, 0.25) is 0 Å². The molecule has 0 atom stereocenters. The first kappa shape index (κ1) is 9.68. The van der Waals surface area contributed by atoms with Crippen molar-refractivity contribution >= 4 is 24.0 Å². The molecule has 0 spiro atoms.